The van der Waals surface area contributed by atoms with Crippen molar-refractivity contribution in [3.63, 3.8) is 0 Å². The molecule has 3 rings (SSSR count). The maximum absolute atomic E-state index is 13.5. The molecule has 1 aromatic heterocycles. The molecule has 1 aliphatic heterocycles. The van der Waals surface area contributed by atoms with Crippen LogP contribution in [-0.2, 0) is 29.2 Å². The lowest BCUT2D eigenvalue weighted by Crippen LogP contribution is -2.59. The van der Waals surface area contributed by atoms with Crippen molar-refractivity contribution >= 4 is 5.91 Å². The second-order valence-corrected chi connectivity index (χ2v) is 6.58. The van der Waals surface area contributed by atoms with Crippen molar-refractivity contribution < 1.29 is 27.4 Å². The number of alkyl halides is 3. The number of carbonyl (C=O) groups excluding carboxylic acids is 1. The highest BCUT2D eigenvalue weighted by molar-refractivity contribution is 5.86. The van der Waals surface area contributed by atoms with Crippen LogP contribution in [0.1, 0.15) is 24.6 Å². The van der Waals surface area contributed by atoms with Gasteiger partial charge in [-0.15, -0.1) is 5.10 Å². The van der Waals surface area contributed by atoms with Crippen molar-refractivity contribution in [1.29, 1.82) is 0 Å². The van der Waals surface area contributed by atoms with Crippen molar-refractivity contribution in [1.82, 2.24) is 14.7 Å². The standard InChI is InChI=1S/C19H22F3N3O3/c1-3-18(27-2,19(20,21)22)17(26)24-9-10-25-15(12-24)11-16(23-25)28-13-14-7-5-4-6-8-14/h4-8,11H,3,9-10,12-13H2,1-2H3. The largest absolute Gasteiger partial charge is 0.472 e. The molecule has 9 heteroatoms. The number of fused-ring (bicyclic) bond motifs is 1. The molecule has 0 bridgehead atoms. The minimum atomic E-state index is -4.80. The molecule has 1 amide bonds. The first-order valence-electron chi connectivity index (χ1n) is 8.95. The van der Waals surface area contributed by atoms with Crippen molar-refractivity contribution in [2.24, 2.45) is 0 Å². The number of methoxy groups -OCH3 is 1. The molecule has 0 fully saturated rings. The number of hydrogen-bond donors (Lipinski definition) is 0. The van der Waals surface area contributed by atoms with Crippen LogP contribution in [0.5, 0.6) is 5.88 Å². The number of hydrogen-bond acceptors (Lipinski definition) is 4. The van der Waals surface area contributed by atoms with E-state index in [4.69, 9.17) is 4.74 Å². The Hall–Kier alpha value is -2.55. The fourth-order valence-electron chi connectivity index (χ4n) is 3.29. The van der Waals surface area contributed by atoms with Crippen LogP contribution in [0, 0.1) is 0 Å². The van der Waals surface area contributed by atoms with E-state index in [0.29, 0.717) is 18.2 Å². The zero-order chi connectivity index (χ0) is 20.4. The molecular weight excluding hydrogens is 375 g/mol. The smallest absolute Gasteiger partial charge is 0.426 e. The van der Waals surface area contributed by atoms with E-state index in [1.54, 1.807) is 10.7 Å². The number of amides is 1. The van der Waals surface area contributed by atoms with Crippen LogP contribution in [0.15, 0.2) is 36.4 Å². The van der Waals surface area contributed by atoms with Gasteiger partial charge in [0.05, 0.1) is 18.8 Å². The van der Waals surface area contributed by atoms with Gasteiger partial charge in [-0.05, 0) is 12.0 Å². The molecule has 0 aliphatic carbocycles. The number of benzene rings is 1. The number of ether oxygens (including phenoxy) is 2. The molecule has 0 N–H and O–H groups in total. The molecule has 152 valence electrons. The Bertz CT molecular complexity index is 817. The molecule has 0 saturated heterocycles. The molecule has 6 nitrogen and oxygen atoms in total. The van der Waals surface area contributed by atoms with Gasteiger partial charge >= 0.3 is 6.18 Å². The average molecular weight is 397 g/mol. The molecule has 28 heavy (non-hydrogen) atoms. The van der Waals surface area contributed by atoms with Gasteiger partial charge in [0.25, 0.3) is 5.91 Å². The van der Waals surface area contributed by atoms with E-state index < -0.39 is 24.1 Å². The minimum absolute atomic E-state index is 0.0156. The predicted molar refractivity (Wildman–Crippen MR) is 94.5 cm³/mol. The fourth-order valence-corrected chi connectivity index (χ4v) is 3.29. The van der Waals surface area contributed by atoms with Gasteiger partial charge in [-0.3, -0.25) is 9.48 Å². The summed E-state index contributed by atoms with van der Waals surface area (Å²) < 4.78 is 52.6. The minimum Gasteiger partial charge on any atom is -0.472 e. The highest BCUT2D eigenvalue weighted by atomic mass is 19.4. The van der Waals surface area contributed by atoms with Crippen LogP contribution in [0.2, 0.25) is 0 Å². The molecule has 1 unspecified atom stereocenters. The van der Waals surface area contributed by atoms with Crippen molar-refractivity contribution in [2.45, 2.75) is 44.8 Å². The van der Waals surface area contributed by atoms with E-state index >= 15 is 0 Å². The molecule has 1 aromatic carbocycles. The van der Waals surface area contributed by atoms with Crippen LogP contribution in [0.3, 0.4) is 0 Å². The Morgan fingerprint density at radius 3 is 2.54 bits per heavy atom. The summed E-state index contributed by atoms with van der Waals surface area (Å²) in [5, 5.41) is 4.31. The summed E-state index contributed by atoms with van der Waals surface area (Å²) in [7, 11) is 0.915. The van der Waals surface area contributed by atoms with Crippen LogP contribution >= 0.6 is 0 Å². The zero-order valence-electron chi connectivity index (χ0n) is 15.7. The number of aromatic nitrogens is 2. The summed E-state index contributed by atoms with van der Waals surface area (Å²) >= 11 is 0. The summed E-state index contributed by atoms with van der Waals surface area (Å²) in [5.41, 5.74) is -1.24. The first-order valence-corrected chi connectivity index (χ1v) is 8.95. The Balaban J connectivity index is 1.72. The highest BCUT2D eigenvalue weighted by Crippen LogP contribution is 2.38. The molecule has 2 heterocycles. The highest BCUT2D eigenvalue weighted by Gasteiger charge is 2.61. The summed E-state index contributed by atoms with van der Waals surface area (Å²) in [5.74, 6) is -0.707. The van der Waals surface area contributed by atoms with Gasteiger partial charge in [-0.2, -0.15) is 13.2 Å². The van der Waals surface area contributed by atoms with Crippen LogP contribution in [0.25, 0.3) is 0 Å². The monoisotopic (exact) mass is 397 g/mol. The number of nitrogens with zero attached hydrogens (tertiary/aromatic N) is 3. The quantitative estimate of drug-likeness (QED) is 0.752. The molecule has 2 aromatic rings. The Kier molecular flexibility index (Phi) is 5.64. The topological polar surface area (TPSA) is 56.6 Å². The first kappa shape index (κ1) is 20.2. The van der Waals surface area contributed by atoms with Crippen LogP contribution in [0.4, 0.5) is 13.2 Å². The molecule has 0 radical (unpaired) electrons. The SMILES string of the molecule is CCC(OC)(C(=O)N1CCn2nc(OCc3ccccc3)cc2C1)C(F)(F)F. The Morgan fingerprint density at radius 2 is 1.93 bits per heavy atom. The lowest BCUT2D eigenvalue weighted by atomic mass is 9.97. The number of halogens is 3. The lowest BCUT2D eigenvalue weighted by Gasteiger charge is -2.38. The Morgan fingerprint density at radius 1 is 1.21 bits per heavy atom. The maximum Gasteiger partial charge on any atom is 0.426 e. The van der Waals surface area contributed by atoms with E-state index in [9.17, 15) is 18.0 Å². The third kappa shape index (κ3) is 3.71. The van der Waals surface area contributed by atoms with Crippen molar-refractivity contribution in [3.8, 4) is 5.88 Å². The van der Waals surface area contributed by atoms with Crippen molar-refractivity contribution in [2.75, 3.05) is 13.7 Å². The second-order valence-electron chi connectivity index (χ2n) is 6.58. The molecular formula is C19H22F3N3O3. The average Bonchev–Trinajstić information content (AvgIpc) is 3.09. The first-order chi connectivity index (χ1) is 13.3. The molecule has 0 spiro atoms. The van der Waals surface area contributed by atoms with Crippen LogP contribution < -0.4 is 4.74 Å². The molecule has 1 atom stereocenters. The zero-order valence-corrected chi connectivity index (χ0v) is 15.7. The third-order valence-corrected chi connectivity index (χ3v) is 4.94. The van der Waals surface area contributed by atoms with E-state index in [0.717, 1.165) is 12.7 Å². The van der Waals surface area contributed by atoms with E-state index in [1.165, 1.54) is 11.8 Å². The van der Waals surface area contributed by atoms with Gasteiger partial charge in [0, 0.05) is 19.7 Å². The summed E-state index contributed by atoms with van der Waals surface area (Å²) in [4.78, 5) is 13.8. The van der Waals surface area contributed by atoms with E-state index in [-0.39, 0.29) is 19.6 Å². The van der Waals surface area contributed by atoms with Gasteiger partial charge < -0.3 is 14.4 Å². The summed E-state index contributed by atoms with van der Waals surface area (Å²) in [6.45, 7) is 2.04. The normalized spacial score (nSPS) is 16.4. The third-order valence-electron chi connectivity index (χ3n) is 4.94. The van der Waals surface area contributed by atoms with Gasteiger partial charge in [-0.1, -0.05) is 37.3 Å². The number of rotatable bonds is 6. The molecule has 0 saturated carbocycles. The van der Waals surface area contributed by atoms with Gasteiger partial charge in [0.15, 0.2) is 0 Å². The molecule has 1 aliphatic rings. The lowest BCUT2D eigenvalue weighted by molar-refractivity contribution is -0.266. The van der Waals surface area contributed by atoms with Crippen molar-refractivity contribution in [3.05, 3.63) is 47.7 Å². The van der Waals surface area contributed by atoms with Gasteiger partial charge in [0.1, 0.15) is 6.61 Å². The second kappa shape index (κ2) is 7.83. The van der Waals surface area contributed by atoms with Crippen LogP contribution in [-0.4, -0.2) is 46.0 Å². The Labute approximate surface area is 160 Å². The van der Waals surface area contributed by atoms with E-state index in [1.807, 2.05) is 30.3 Å². The van der Waals surface area contributed by atoms with Gasteiger partial charge in [0.2, 0.25) is 11.5 Å². The summed E-state index contributed by atoms with van der Waals surface area (Å²) in [6, 6.07) is 11.2. The summed E-state index contributed by atoms with van der Waals surface area (Å²) in [6.07, 6.45) is -5.29. The van der Waals surface area contributed by atoms with E-state index in [2.05, 4.69) is 9.84 Å². The predicted octanol–water partition coefficient (Wildman–Crippen LogP) is 3.16. The van der Waals surface area contributed by atoms with Gasteiger partial charge in [-0.25, -0.2) is 0 Å². The maximum atomic E-state index is 13.5. The number of carbonyl (C=O) groups is 1. The fraction of sp³-hybridized carbons (Fsp3) is 0.474.